The van der Waals surface area contributed by atoms with Gasteiger partial charge in [0, 0.05) is 18.6 Å². The van der Waals surface area contributed by atoms with Crippen LogP contribution >= 0.6 is 0 Å². The monoisotopic (exact) mass is 484 g/mol. The predicted octanol–water partition coefficient (Wildman–Crippen LogP) is -7.29. The van der Waals surface area contributed by atoms with E-state index in [1.54, 1.807) is 0 Å². The number of hydrogen-bond donors (Lipinski definition) is 11. The van der Waals surface area contributed by atoms with Gasteiger partial charge in [0.15, 0.2) is 12.6 Å². The van der Waals surface area contributed by atoms with Gasteiger partial charge in [-0.05, 0) is 6.42 Å². The highest BCUT2D eigenvalue weighted by atomic mass is 16.7. The summed E-state index contributed by atoms with van der Waals surface area (Å²) in [6.45, 7) is -0.763. The maximum Gasteiger partial charge on any atom is 0.187 e. The zero-order chi connectivity index (χ0) is 24.6. The van der Waals surface area contributed by atoms with Crippen molar-refractivity contribution in [2.75, 3.05) is 13.2 Å². The van der Waals surface area contributed by atoms with Crippen molar-refractivity contribution in [3.8, 4) is 0 Å². The molecule has 3 rings (SSSR count). The summed E-state index contributed by atoms with van der Waals surface area (Å²) in [6, 6.07) is -2.86. The average Bonchev–Trinajstić information content (AvgIpc) is 2.79. The van der Waals surface area contributed by atoms with Crippen LogP contribution in [0.4, 0.5) is 0 Å². The molecule has 2 saturated heterocycles. The van der Waals surface area contributed by atoms with Crippen molar-refractivity contribution in [1.82, 2.24) is 0 Å². The molecule has 0 bridgehead atoms. The zero-order valence-corrected chi connectivity index (χ0v) is 17.9. The Hall–Kier alpha value is -0.600. The Balaban J connectivity index is 1.72. The van der Waals surface area contributed by atoms with E-state index in [1.807, 2.05) is 0 Å². The molecule has 0 aromatic carbocycles. The minimum absolute atomic E-state index is 0.0849. The first-order valence-electron chi connectivity index (χ1n) is 10.8. The summed E-state index contributed by atoms with van der Waals surface area (Å²) < 4.78 is 22.2. The molecule has 15 atom stereocenters. The number of aliphatic hydroxyl groups excluding tert-OH is 7. The minimum atomic E-state index is -1.66. The SMILES string of the molecule is NC[C@H]1O[C@H](O[C@H]2[C@@H](O)[C@@H](O[C@H]3O[C@@H](CO)[C@@H](O)[C@@H](N)[C@@H]3O)[C@@H](N)C[C@@H]2N)[C@@H](O)[C@@H](O)[C@@H]1O. The number of rotatable bonds is 6. The van der Waals surface area contributed by atoms with E-state index in [-0.39, 0.29) is 13.0 Å². The molecule has 15 heteroatoms. The van der Waals surface area contributed by atoms with Gasteiger partial charge in [-0.2, -0.15) is 0 Å². The molecule has 0 radical (unpaired) electrons. The maximum atomic E-state index is 10.9. The Bertz CT molecular complexity index is 584. The number of ether oxygens (including phenoxy) is 4. The third-order valence-electron chi connectivity index (χ3n) is 6.48. The van der Waals surface area contributed by atoms with E-state index in [4.69, 9.17) is 41.9 Å². The molecule has 2 heterocycles. The van der Waals surface area contributed by atoms with Crippen LogP contribution in [0.5, 0.6) is 0 Å². The standard InChI is InChI=1S/C18H36N4O11/c19-2-6-10(25)12(27)13(28)18(30-6)33-16-5(21)1-4(20)15(14(16)29)32-17-11(26)8(22)9(24)7(3-23)31-17/h4-18,23-29H,1-3,19-22H2/t4-,5-,6+,7-,8+,9+,10+,11-,12-,13-,14-,15-,16+,17+,18+/m0/s1. The van der Waals surface area contributed by atoms with Crippen molar-refractivity contribution in [1.29, 1.82) is 0 Å². The summed E-state index contributed by atoms with van der Waals surface area (Å²) in [6.07, 6.45) is -16.5. The van der Waals surface area contributed by atoms with Gasteiger partial charge in [-0.15, -0.1) is 0 Å². The fourth-order valence-corrected chi connectivity index (χ4v) is 4.40. The van der Waals surface area contributed by atoms with Gasteiger partial charge < -0.3 is 77.6 Å². The summed E-state index contributed by atoms with van der Waals surface area (Å²) in [5.41, 5.74) is 23.5. The van der Waals surface area contributed by atoms with E-state index >= 15 is 0 Å². The summed E-state index contributed by atoms with van der Waals surface area (Å²) in [5, 5.41) is 70.9. The lowest BCUT2D eigenvalue weighted by atomic mass is 9.84. The normalized spacial score (nSPS) is 53.7. The lowest BCUT2D eigenvalue weighted by Gasteiger charge is -2.48. The van der Waals surface area contributed by atoms with Crippen LogP contribution in [0.25, 0.3) is 0 Å². The molecule has 15 nitrogen and oxygen atoms in total. The molecule has 15 N–H and O–H groups in total. The highest BCUT2D eigenvalue weighted by Gasteiger charge is 2.51. The third kappa shape index (κ3) is 5.32. The number of nitrogens with two attached hydrogens (primary N) is 4. The third-order valence-corrected chi connectivity index (χ3v) is 6.48. The lowest BCUT2D eigenvalue weighted by molar-refractivity contribution is -0.332. The van der Waals surface area contributed by atoms with Crippen LogP contribution in [0.1, 0.15) is 6.42 Å². The molecule has 3 aliphatic rings. The van der Waals surface area contributed by atoms with Crippen molar-refractivity contribution in [2.45, 2.75) is 98.2 Å². The van der Waals surface area contributed by atoms with Gasteiger partial charge in [0.25, 0.3) is 0 Å². The summed E-state index contributed by atoms with van der Waals surface area (Å²) in [4.78, 5) is 0. The average molecular weight is 485 g/mol. The van der Waals surface area contributed by atoms with Gasteiger partial charge in [0.2, 0.25) is 0 Å². The van der Waals surface area contributed by atoms with E-state index in [0.29, 0.717) is 0 Å². The number of hydrogen-bond acceptors (Lipinski definition) is 15. The van der Waals surface area contributed by atoms with Crippen LogP contribution < -0.4 is 22.9 Å². The molecule has 0 amide bonds. The highest BCUT2D eigenvalue weighted by molar-refractivity contribution is 5.01. The van der Waals surface area contributed by atoms with Crippen molar-refractivity contribution in [3.05, 3.63) is 0 Å². The molecular formula is C18H36N4O11. The second-order valence-electron chi connectivity index (χ2n) is 8.79. The summed E-state index contributed by atoms with van der Waals surface area (Å²) in [7, 11) is 0. The van der Waals surface area contributed by atoms with Crippen LogP contribution in [0.15, 0.2) is 0 Å². The molecule has 0 aromatic rings. The van der Waals surface area contributed by atoms with Crippen molar-refractivity contribution < 1.29 is 54.7 Å². The zero-order valence-electron chi connectivity index (χ0n) is 17.9. The van der Waals surface area contributed by atoms with Gasteiger partial charge in [-0.25, -0.2) is 0 Å². The second kappa shape index (κ2) is 11.0. The van der Waals surface area contributed by atoms with Crippen LogP contribution in [0.3, 0.4) is 0 Å². The molecule has 3 fully saturated rings. The Labute approximate surface area is 189 Å². The lowest BCUT2D eigenvalue weighted by Crippen LogP contribution is -2.68. The Morgan fingerprint density at radius 2 is 1.18 bits per heavy atom. The Kier molecular flexibility index (Phi) is 8.99. The minimum Gasteiger partial charge on any atom is -0.394 e. The smallest absolute Gasteiger partial charge is 0.187 e. The van der Waals surface area contributed by atoms with Gasteiger partial charge >= 0.3 is 0 Å². The first kappa shape index (κ1) is 27.0. The van der Waals surface area contributed by atoms with Crippen molar-refractivity contribution >= 4 is 0 Å². The first-order chi connectivity index (χ1) is 15.5. The van der Waals surface area contributed by atoms with Gasteiger partial charge in [-0.1, -0.05) is 0 Å². The summed E-state index contributed by atoms with van der Waals surface area (Å²) in [5.74, 6) is 0. The molecule has 33 heavy (non-hydrogen) atoms. The molecule has 194 valence electrons. The molecule has 2 aliphatic heterocycles. The molecule has 0 aromatic heterocycles. The predicted molar refractivity (Wildman–Crippen MR) is 108 cm³/mol. The first-order valence-corrected chi connectivity index (χ1v) is 10.8. The second-order valence-corrected chi connectivity index (χ2v) is 8.79. The van der Waals surface area contributed by atoms with E-state index in [0.717, 1.165) is 0 Å². The topological polar surface area (TPSA) is 283 Å². The highest BCUT2D eigenvalue weighted by Crippen LogP contribution is 2.31. The van der Waals surface area contributed by atoms with Crippen LogP contribution in [-0.2, 0) is 18.9 Å². The fraction of sp³-hybridized carbons (Fsp3) is 1.00. The quantitative estimate of drug-likeness (QED) is 0.167. The van der Waals surface area contributed by atoms with E-state index in [9.17, 15) is 35.7 Å². The Morgan fingerprint density at radius 3 is 1.70 bits per heavy atom. The largest absolute Gasteiger partial charge is 0.394 e. The molecule has 1 saturated carbocycles. The van der Waals surface area contributed by atoms with Gasteiger partial charge in [0.05, 0.1) is 12.6 Å². The van der Waals surface area contributed by atoms with Crippen molar-refractivity contribution in [3.63, 3.8) is 0 Å². The van der Waals surface area contributed by atoms with E-state index in [1.165, 1.54) is 0 Å². The summed E-state index contributed by atoms with van der Waals surface area (Å²) >= 11 is 0. The van der Waals surface area contributed by atoms with Gasteiger partial charge in [-0.3, -0.25) is 0 Å². The Morgan fingerprint density at radius 1 is 0.667 bits per heavy atom. The molecule has 0 spiro atoms. The van der Waals surface area contributed by atoms with Crippen LogP contribution in [-0.4, -0.2) is 141 Å². The number of aliphatic hydroxyl groups is 7. The van der Waals surface area contributed by atoms with E-state index < -0.39 is 98.4 Å². The fourth-order valence-electron chi connectivity index (χ4n) is 4.40. The van der Waals surface area contributed by atoms with E-state index in [2.05, 4.69) is 0 Å². The van der Waals surface area contributed by atoms with Crippen molar-refractivity contribution in [2.24, 2.45) is 22.9 Å². The molecule has 1 aliphatic carbocycles. The maximum absolute atomic E-state index is 10.9. The van der Waals surface area contributed by atoms with Crippen LogP contribution in [0.2, 0.25) is 0 Å². The van der Waals surface area contributed by atoms with Gasteiger partial charge in [0.1, 0.15) is 61.0 Å². The molecular weight excluding hydrogens is 448 g/mol. The van der Waals surface area contributed by atoms with Crippen LogP contribution in [0, 0.1) is 0 Å². The molecule has 0 unspecified atom stereocenters.